The first-order valence-corrected chi connectivity index (χ1v) is 14.0. The van der Waals surface area contributed by atoms with E-state index in [1.807, 2.05) is 48.2 Å². The van der Waals surface area contributed by atoms with Crippen molar-refractivity contribution in [3.63, 3.8) is 0 Å². The minimum absolute atomic E-state index is 0.0118. The number of aryl methyl sites for hydroxylation is 1. The molecular formula is C32H34N4O2S. The van der Waals surface area contributed by atoms with Gasteiger partial charge in [0.2, 0.25) is 5.91 Å². The van der Waals surface area contributed by atoms with E-state index >= 15 is 0 Å². The number of carbonyl (C=O) groups excluding carboxylic acids is 2. The smallest absolute Gasteiger partial charge is 0.265 e. The van der Waals surface area contributed by atoms with E-state index in [-0.39, 0.29) is 17.2 Å². The molecule has 200 valence electrons. The van der Waals surface area contributed by atoms with Gasteiger partial charge in [-0.15, -0.1) is 11.3 Å². The van der Waals surface area contributed by atoms with Crippen molar-refractivity contribution in [2.75, 3.05) is 15.5 Å². The summed E-state index contributed by atoms with van der Waals surface area (Å²) in [5.41, 5.74) is 4.73. The molecule has 3 heterocycles. The summed E-state index contributed by atoms with van der Waals surface area (Å²) in [6, 6.07) is 22.2. The van der Waals surface area contributed by atoms with E-state index in [1.165, 1.54) is 16.9 Å². The highest BCUT2D eigenvalue weighted by Gasteiger charge is 2.47. The summed E-state index contributed by atoms with van der Waals surface area (Å²) in [6.07, 6.45) is 4.26. The molecule has 6 nitrogen and oxygen atoms in total. The maximum atomic E-state index is 13.3. The topological polar surface area (TPSA) is 74.3 Å². The molecule has 39 heavy (non-hydrogen) atoms. The van der Waals surface area contributed by atoms with Gasteiger partial charge in [-0.2, -0.15) is 0 Å². The lowest BCUT2D eigenvalue weighted by Gasteiger charge is -2.51. The molecule has 0 bridgehead atoms. The van der Waals surface area contributed by atoms with E-state index in [0.29, 0.717) is 17.1 Å². The number of aromatic nitrogens is 1. The second kappa shape index (κ2) is 10.3. The molecule has 0 radical (unpaired) electrons. The van der Waals surface area contributed by atoms with Crippen LogP contribution in [0.25, 0.3) is 0 Å². The normalized spacial score (nSPS) is 17.8. The molecule has 1 aliphatic heterocycles. The van der Waals surface area contributed by atoms with Crippen LogP contribution in [-0.4, -0.2) is 22.3 Å². The third-order valence-corrected chi connectivity index (χ3v) is 8.53. The van der Waals surface area contributed by atoms with Crippen molar-refractivity contribution in [2.45, 2.75) is 58.5 Å². The Morgan fingerprint density at radius 3 is 2.33 bits per heavy atom. The summed E-state index contributed by atoms with van der Waals surface area (Å²) in [4.78, 5) is 34.2. The number of thiophene rings is 1. The maximum Gasteiger partial charge on any atom is 0.265 e. The molecule has 7 heteroatoms. The third kappa shape index (κ3) is 5.19. The number of benzene rings is 2. The van der Waals surface area contributed by atoms with Gasteiger partial charge in [-0.25, -0.2) is 0 Å². The van der Waals surface area contributed by atoms with E-state index in [2.05, 4.69) is 66.7 Å². The molecule has 0 fully saturated rings. The van der Waals surface area contributed by atoms with Crippen LogP contribution in [0.2, 0.25) is 0 Å². The number of anilines is 3. The summed E-state index contributed by atoms with van der Waals surface area (Å²) < 4.78 is 0. The molecule has 2 aromatic carbocycles. The molecule has 5 rings (SSSR count). The van der Waals surface area contributed by atoms with Gasteiger partial charge in [0.05, 0.1) is 21.9 Å². The van der Waals surface area contributed by atoms with Crippen molar-refractivity contribution in [3.05, 3.63) is 106 Å². The van der Waals surface area contributed by atoms with Crippen molar-refractivity contribution in [1.82, 2.24) is 4.98 Å². The van der Waals surface area contributed by atoms with E-state index in [1.54, 1.807) is 19.3 Å². The fourth-order valence-electron chi connectivity index (χ4n) is 5.93. The van der Waals surface area contributed by atoms with Crippen LogP contribution in [-0.2, 0) is 16.8 Å². The lowest BCUT2D eigenvalue weighted by atomic mass is 9.65. The second-order valence-corrected chi connectivity index (χ2v) is 12.3. The zero-order valence-electron chi connectivity index (χ0n) is 23.0. The van der Waals surface area contributed by atoms with Crippen LogP contribution in [0.3, 0.4) is 0 Å². The van der Waals surface area contributed by atoms with E-state index in [4.69, 9.17) is 0 Å². The van der Waals surface area contributed by atoms with Gasteiger partial charge in [-0.05, 0) is 80.3 Å². The van der Waals surface area contributed by atoms with E-state index < -0.39 is 5.54 Å². The molecule has 4 aromatic rings. The molecule has 1 unspecified atom stereocenters. The van der Waals surface area contributed by atoms with Gasteiger partial charge < -0.3 is 15.5 Å². The monoisotopic (exact) mass is 538 g/mol. The van der Waals surface area contributed by atoms with Crippen molar-refractivity contribution in [3.8, 4) is 0 Å². The van der Waals surface area contributed by atoms with Gasteiger partial charge in [0.25, 0.3) is 5.91 Å². The van der Waals surface area contributed by atoms with Gasteiger partial charge in [-0.1, -0.05) is 37.3 Å². The number of hydrogen-bond acceptors (Lipinski definition) is 5. The average Bonchev–Trinajstić information content (AvgIpc) is 3.34. The zero-order chi connectivity index (χ0) is 27.8. The predicted molar refractivity (Wildman–Crippen MR) is 160 cm³/mol. The summed E-state index contributed by atoms with van der Waals surface area (Å²) in [7, 11) is 0. The molecule has 0 aliphatic carbocycles. The van der Waals surface area contributed by atoms with Crippen LogP contribution in [0, 0.1) is 6.92 Å². The average molecular weight is 539 g/mol. The largest absolute Gasteiger partial charge is 0.379 e. The number of rotatable bonds is 6. The number of amides is 2. The molecule has 1 atom stereocenters. The quantitative estimate of drug-likeness (QED) is 0.273. The van der Waals surface area contributed by atoms with E-state index in [0.717, 1.165) is 33.8 Å². The Bertz CT molecular complexity index is 1510. The number of pyridine rings is 1. The molecule has 2 N–H and O–H groups in total. The van der Waals surface area contributed by atoms with Gasteiger partial charge in [0.15, 0.2) is 0 Å². The Labute approximate surface area is 234 Å². The first kappa shape index (κ1) is 26.6. The number of nitrogens with one attached hydrogen (secondary N) is 2. The SMILES string of the molecule is CC(=O)N1c2cc(NCc3ccncc3)c(NC(=O)c3ccc(C)s3)cc2C(C)(c2ccccc2)CC1(C)C. The first-order chi connectivity index (χ1) is 18.6. The molecule has 0 spiro atoms. The summed E-state index contributed by atoms with van der Waals surface area (Å²) in [5.74, 6) is -0.164. The maximum absolute atomic E-state index is 13.3. The Kier molecular flexibility index (Phi) is 7.03. The number of hydrogen-bond donors (Lipinski definition) is 2. The Balaban J connectivity index is 1.68. The fourth-order valence-corrected chi connectivity index (χ4v) is 6.69. The Morgan fingerprint density at radius 1 is 0.974 bits per heavy atom. The third-order valence-electron chi connectivity index (χ3n) is 7.53. The minimum Gasteiger partial charge on any atom is -0.379 e. The minimum atomic E-state index is -0.426. The molecule has 1 aliphatic rings. The van der Waals surface area contributed by atoms with Crippen LogP contribution in [0.4, 0.5) is 17.1 Å². The molecular weight excluding hydrogens is 504 g/mol. The molecule has 2 amide bonds. The van der Waals surface area contributed by atoms with Crippen molar-refractivity contribution < 1.29 is 9.59 Å². The fraction of sp³-hybridized carbons (Fsp3) is 0.281. The van der Waals surface area contributed by atoms with E-state index in [9.17, 15) is 9.59 Å². The van der Waals surface area contributed by atoms with Gasteiger partial charge in [0.1, 0.15) is 0 Å². The molecule has 0 saturated carbocycles. The number of nitrogens with zero attached hydrogens (tertiary/aromatic N) is 2. The second-order valence-electron chi connectivity index (χ2n) is 11.0. The van der Waals surface area contributed by atoms with Gasteiger partial charge in [-0.3, -0.25) is 14.6 Å². The van der Waals surface area contributed by atoms with Crippen LogP contribution in [0.5, 0.6) is 0 Å². The highest BCUT2D eigenvalue weighted by molar-refractivity contribution is 7.14. The first-order valence-electron chi connectivity index (χ1n) is 13.1. The molecule has 0 saturated heterocycles. The predicted octanol–water partition coefficient (Wildman–Crippen LogP) is 7.16. The lowest BCUT2D eigenvalue weighted by Crippen LogP contribution is -2.55. The highest BCUT2D eigenvalue weighted by atomic mass is 32.1. The van der Waals surface area contributed by atoms with Crippen molar-refractivity contribution >= 4 is 40.2 Å². The standard InChI is InChI=1S/C32H34N4O2S/c1-21-11-12-29(39-21)30(38)35-27-17-25-28(18-26(27)34-19-23-13-15-33-16-14-23)36(22(2)37)31(3,4)20-32(25,5)24-9-7-6-8-10-24/h6-18,34H,19-20H2,1-5H3,(H,35,38). The zero-order valence-corrected chi connectivity index (χ0v) is 23.9. The summed E-state index contributed by atoms with van der Waals surface area (Å²) >= 11 is 1.47. The Hall–Kier alpha value is -3.97. The van der Waals surface area contributed by atoms with Crippen LogP contribution in [0.15, 0.2) is 79.1 Å². The number of carbonyl (C=O) groups is 2. The van der Waals surface area contributed by atoms with Crippen LogP contribution >= 0.6 is 11.3 Å². The van der Waals surface area contributed by atoms with Gasteiger partial charge >= 0.3 is 0 Å². The summed E-state index contributed by atoms with van der Waals surface area (Å²) in [5, 5.41) is 6.69. The van der Waals surface area contributed by atoms with Gasteiger partial charge in [0, 0.05) is 41.7 Å². The lowest BCUT2D eigenvalue weighted by molar-refractivity contribution is -0.117. The number of fused-ring (bicyclic) bond motifs is 1. The van der Waals surface area contributed by atoms with Crippen LogP contribution < -0.4 is 15.5 Å². The summed E-state index contributed by atoms with van der Waals surface area (Å²) in [6.45, 7) is 10.6. The van der Waals surface area contributed by atoms with Crippen molar-refractivity contribution in [2.24, 2.45) is 0 Å². The van der Waals surface area contributed by atoms with Crippen molar-refractivity contribution in [1.29, 1.82) is 0 Å². The molecule has 2 aromatic heterocycles. The van der Waals surface area contributed by atoms with Crippen LogP contribution in [0.1, 0.15) is 65.4 Å². The highest BCUT2D eigenvalue weighted by Crippen LogP contribution is 2.52. The Morgan fingerprint density at radius 2 is 1.69 bits per heavy atom.